The number of nitrogens with zero attached hydrogens (tertiary/aromatic N) is 1. The van der Waals surface area contributed by atoms with Crippen molar-refractivity contribution in [3.63, 3.8) is 0 Å². The first kappa shape index (κ1) is 7.02. The lowest BCUT2D eigenvalue weighted by Crippen LogP contribution is -2.43. The van der Waals surface area contributed by atoms with Crippen LogP contribution in [0.4, 0.5) is 0 Å². The molecule has 9 heavy (non-hydrogen) atoms. The van der Waals surface area contributed by atoms with Crippen molar-refractivity contribution in [2.45, 2.75) is 12.4 Å². The number of hydrogen-bond acceptors (Lipinski definition) is 4. The van der Waals surface area contributed by atoms with E-state index in [1.165, 1.54) is 0 Å². The number of hydrazine groups is 1. The Kier molecular flexibility index (Phi) is 2.07. The van der Waals surface area contributed by atoms with E-state index in [4.69, 9.17) is 10.0 Å². The minimum atomic E-state index is -1.22. The molecule has 5 heteroatoms. The van der Waals surface area contributed by atoms with E-state index in [-0.39, 0.29) is 5.94 Å². The fourth-order valence-electron chi connectivity index (χ4n) is 1.05. The van der Waals surface area contributed by atoms with Crippen LogP contribution in [0, 0.1) is 0 Å². The van der Waals surface area contributed by atoms with Gasteiger partial charge in [-0.05, 0) is 6.42 Å². The lowest BCUT2D eigenvalue weighted by atomic mass is 9.78. The Labute approximate surface area is 54.6 Å². The van der Waals surface area contributed by atoms with Crippen molar-refractivity contribution in [1.29, 1.82) is 0 Å². The molecule has 1 aliphatic heterocycles. The molecule has 0 aromatic carbocycles. The highest BCUT2D eigenvalue weighted by Gasteiger charge is 2.30. The highest BCUT2D eigenvalue weighted by atomic mass is 16.4. The first-order valence-corrected chi connectivity index (χ1v) is 3.04. The molecule has 0 saturated carbocycles. The lowest BCUT2D eigenvalue weighted by Gasteiger charge is -2.16. The molecular formula is C4H11BN2O2. The van der Waals surface area contributed by atoms with E-state index in [2.05, 4.69) is 5.43 Å². The van der Waals surface area contributed by atoms with E-state index in [0.717, 1.165) is 13.0 Å². The largest absolute Gasteiger partial charge is 0.471 e. The van der Waals surface area contributed by atoms with E-state index in [1.54, 1.807) is 12.1 Å². The molecule has 0 aromatic heterocycles. The minimum absolute atomic E-state index is 0.134. The zero-order valence-corrected chi connectivity index (χ0v) is 5.41. The van der Waals surface area contributed by atoms with Crippen molar-refractivity contribution in [1.82, 2.24) is 10.4 Å². The van der Waals surface area contributed by atoms with Gasteiger partial charge in [-0.3, -0.25) is 5.43 Å². The maximum absolute atomic E-state index is 8.70. The Morgan fingerprint density at radius 3 is 2.56 bits per heavy atom. The van der Waals surface area contributed by atoms with Gasteiger partial charge < -0.3 is 10.0 Å². The second-order valence-corrected chi connectivity index (χ2v) is 2.29. The van der Waals surface area contributed by atoms with Crippen molar-refractivity contribution in [2.24, 2.45) is 0 Å². The number of hydrogen-bond donors (Lipinski definition) is 3. The molecule has 3 N–H and O–H groups in total. The molecule has 0 amide bonds. The van der Waals surface area contributed by atoms with Crippen molar-refractivity contribution in [3.8, 4) is 0 Å². The molecular weight excluding hydrogens is 119 g/mol. The standard InChI is InChI=1S/C4H11BN2O2/c1-7-4(5(8)9)2-3-6-7/h4,6,8-9H,2-3H2,1H3. The van der Waals surface area contributed by atoms with Gasteiger partial charge in [-0.1, -0.05) is 0 Å². The summed E-state index contributed by atoms with van der Waals surface area (Å²) >= 11 is 0. The molecule has 1 heterocycles. The minimum Gasteiger partial charge on any atom is -0.426 e. The SMILES string of the molecule is CN1NCCC1B(O)O. The first-order chi connectivity index (χ1) is 4.22. The van der Waals surface area contributed by atoms with Crippen molar-refractivity contribution in [3.05, 3.63) is 0 Å². The van der Waals surface area contributed by atoms with Crippen LogP contribution in [-0.4, -0.2) is 41.7 Å². The summed E-state index contributed by atoms with van der Waals surface area (Å²) < 4.78 is 0. The lowest BCUT2D eigenvalue weighted by molar-refractivity contribution is 0.244. The van der Waals surface area contributed by atoms with Crippen LogP contribution >= 0.6 is 0 Å². The Morgan fingerprint density at radius 2 is 2.33 bits per heavy atom. The molecule has 1 rings (SSSR count). The van der Waals surface area contributed by atoms with E-state index in [0.29, 0.717) is 0 Å². The van der Waals surface area contributed by atoms with Gasteiger partial charge in [0.1, 0.15) is 0 Å². The summed E-state index contributed by atoms with van der Waals surface area (Å²) in [6.45, 7) is 0.832. The summed E-state index contributed by atoms with van der Waals surface area (Å²) in [4.78, 5) is 0. The van der Waals surface area contributed by atoms with Crippen molar-refractivity contribution < 1.29 is 10.0 Å². The van der Waals surface area contributed by atoms with Crippen LogP contribution in [0.3, 0.4) is 0 Å². The molecule has 1 unspecified atom stereocenters. The zero-order valence-electron chi connectivity index (χ0n) is 5.41. The van der Waals surface area contributed by atoms with Crippen molar-refractivity contribution >= 4 is 7.12 Å². The number of rotatable bonds is 1. The molecule has 0 aromatic rings. The van der Waals surface area contributed by atoms with Gasteiger partial charge in [0, 0.05) is 13.6 Å². The highest BCUT2D eigenvalue weighted by Crippen LogP contribution is 2.05. The monoisotopic (exact) mass is 130 g/mol. The molecule has 1 saturated heterocycles. The Hall–Kier alpha value is -0.0951. The molecule has 0 bridgehead atoms. The van der Waals surface area contributed by atoms with Crippen LogP contribution in [-0.2, 0) is 0 Å². The quantitative estimate of drug-likeness (QED) is 0.367. The van der Waals surface area contributed by atoms with Gasteiger partial charge in [0.15, 0.2) is 0 Å². The summed E-state index contributed by atoms with van der Waals surface area (Å²) in [5.41, 5.74) is 2.96. The number of nitrogens with one attached hydrogen (secondary N) is 1. The molecule has 1 aliphatic rings. The van der Waals surface area contributed by atoms with Crippen molar-refractivity contribution in [2.75, 3.05) is 13.6 Å². The van der Waals surface area contributed by atoms with Gasteiger partial charge in [-0.15, -0.1) is 0 Å². The van der Waals surface area contributed by atoms with Crippen LogP contribution < -0.4 is 5.43 Å². The van der Waals surface area contributed by atoms with Crippen LogP contribution in [0.2, 0.25) is 0 Å². The van der Waals surface area contributed by atoms with Gasteiger partial charge >= 0.3 is 7.12 Å². The fourth-order valence-corrected chi connectivity index (χ4v) is 1.05. The zero-order chi connectivity index (χ0) is 6.85. The maximum Gasteiger partial charge on any atom is 0.471 e. The van der Waals surface area contributed by atoms with Gasteiger partial charge in [0.25, 0.3) is 0 Å². The third-order valence-electron chi connectivity index (χ3n) is 1.64. The smallest absolute Gasteiger partial charge is 0.426 e. The normalized spacial score (nSPS) is 29.0. The van der Waals surface area contributed by atoms with E-state index in [1.807, 2.05) is 0 Å². The topological polar surface area (TPSA) is 55.7 Å². The molecule has 0 radical (unpaired) electrons. The molecule has 1 fully saturated rings. The Balaban J connectivity index is 2.40. The fraction of sp³-hybridized carbons (Fsp3) is 1.00. The summed E-state index contributed by atoms with van der Waals surface area (Å²) in [6, 6.07) is 0. The highest BCUT2D eigenvalue weighted by molar-refractivity contribution is 6.43. The third-order valence-corrected chi connectivity index (χ3v) is 1.64. The summed E-state index contributed by atoms with van der Waals surface area (Å²) in [5, 5.41) is 19.1. The van der Waals surface area contributed by atoms with E-state index < -0.39 is 7.12 Å². The van der Waals surface area contributed by atoms with Crippen LogP contribution in [0.25, 0.3) is 0 Å². The predicted molar refractivity (Wildman–Crippen MR) is 34.4 cm³/mol. The first-order valence-electron chi connectivity index (χ1n) is 3.04. The van der Waals surface area contributed by atoms with Gasteiger partial charge in [-0.2, -0.15) is 0 Å². The molecule has 0 spiro atoms. The van der Waals surface area contributed by atoms with E-state index >= 15 is 0 Å². The third kappa shape index (κ3) is 1.43. The van der Waals surface area contributed by atoms with Gasteiger partial charge in [-0.25, -0.2) is 5.01 Å². The van der Waals surface area contributed by atoms with Crippen LogP contribution in [0.1, 0.15) is 6.42 Å². The van der Waals surface area contributed by atoms with E-state index in [9.17, 15) is 0 Å². The second-order valence-electron chi connectivity index (χ2n) is 2.29. The van der Waals surface area contributed by atoms with Crippen LogP contribution in [0.15, 0.2) is 0 Å². The molecule has 52 valence electrons. The second kappa shape index (κ2) is 2.66. The molecule has 4 nitrogen and oxygen atoms in total. The average Bonchev–Trinajstić information content (AvgIpc) is 2.13. The maximum atomic E-state index is 8.70. The summed E-state index contributed by atoms with van der Waals surface area (Å²) in [7, 11) is 0.585. The van der Waals surface area contributed by atoms with Gasteiger partial charge in [0.2, 0.25) is 0 Å². The molecule has 0 aliphatic carbocycles. The Morgan fingerprint density at radius 1 is 1.67 bits per heavy atom. The Bertz CT molecular complexity index is 101. The summed E-state index contributed by atoms with van der Waals surface area (Å²) in [5.74, 6) is -0.134. The van der Waals surface area contributed by atoms with Gasteiger partial charge in [0.05, 0.1) is 5.94 Å². The molecule has 1 atom stereocenters. The summed E-state index contributed by atoms with van der Waals surface area (Å²) in [6.07, 6.45) is 0.800. The van der Waals surface area contributed by atoms with Crippen LogP contribution in [0.5, 0.6) is 0 Å². The predicted octanol–water partition coefficient (Wildman–Crippen LogP) is -1.79. The average molecular weight is 130 g/mol.